The van der Waals surface area contributed by atoms with Crippen molar-refractivity contribution >= 4 is 35.1 Å². The maximum atomic E-state index is 12.3. The Hall–Kier alpha value is -4.33. The summed E-state index contributed by atoms with van der Waals surface area (Å²) < 4.78 is 0. The molecular formula is C21H16N4O4. The molecule has 0 saturated carbocycles. The van der Waals surface area contributed by atoms with E-state index in [-0.39, 0.29) is 11.6 Å². The molecule has 1 heterocycles. The summed E-state index contributed by atoms with van der Waals surface area (Å²) in [6.45, 7) is 0. The lowest BCUT2D eigenvalue weighted by atomic mass is 10.1. The lowest BCUT2D eigenvalue weighted by Crippen LogP contribution is -2.14. The summed E-state index contributed by atoms with van der Waals surface area (Å²) in [5.41, 5.74) is 1.45. The van der Waals surface area contributed by atoms with E-state index >= 15 is 0 Å². The van der Waals surface area contributed by atoms with Crippen LogP contribution in [-0.2, 0) is 4.79 Å². The highest BCUT2D eigenvalue weighted by Gasteiger charge is 2.08. The van der Waals surface area contributed by atoms with Crippen LogP contribution in [0.25, 0.3) is 6.08 Å². The van der Waals surface area contributed by atoms with Gasteiger partial charge in [0.05, 0.1) is 4.92 Å². The normalized spacial score (nSPS) is 10.5. The molecule has 8 nitrogen and oxygen atoms in total. The number of aromatic nitrogens is 1. The molecule has 0 aliphatic heterocycles. The maximum Gasteiger partial charge on any atom is 0.269 e. The van der Waals surface area contributed by atoms with Gasteiger partial charge in [-0.25, -0.2) is 4.98 Å². The summed E-state index contributed by atoms with van der Waals surface area (Å²) in [6, 6.07) is 17.5. The zero-order chi connectivity index (χ0) is 20.6. The predicted octanol–water partition coefficient (Wildman–Crippen LogP) is 3.89. The van der Waals surface area contributed by atoms with Gasteiger partial charge in [-0.15, -0.1) is 0 Å². The summed E-state index contributed by atoms with van der Waals surface area (Å²) in [4.78, 5) is 38.6. The number of carbonyl (C=O) groups is 2. The fourth-order valence-corrected chi connectivity index (χ4v) is 2.43. The summed E-state index contributed by atoms with van der Waals surface area (Å²) in [5.74, 6) is -0.315. The van der Waals surface area contributed by atoms with Crippen LogP contribution in [0.1, 0.15) is 15.9 Å². The first-order valence-electron chi connectivity index (χ1n) is 8.57. The molecule has 0 saturated heterocycles. The Bertz CT molecular complexity index is 1060. The number of anilines is 2. The number of nitro benzene ring substituents is 1. The Morgan fingerprint density at radius 1 is 0.966 bits per heavy atom. The second kappa shape index (κ2) is 9.05. The van der Waals surface area contributed by atoms with Crippen molar-refractivity contribution in [3.8, 4) is 0 Å². The van der Waals surface area contributed by atoms with Gasteiger partial charge in [0.1, 0.15) is 5.82 Å². The molecule has 8 heteroatoms. The first kappa shape index (κ1) is 19.4. The van der Waals surface area contributed by atoms with E-state index in [1.165, 1.54) is 24.3 Å². The zero-order valence-corrected chi connectivity index (χ0v) is 15.1. The van der Waals surface area contributed by atoms with Crippen LogP contribution < -0.4 is 10.6 Å². The minimum Gasteiger partial charge on any atom is -0.322 e. The molecule has 0 unspecified atom stereocenters. The van der Waals surface area contributed by atoms with Gasteiger partial charge in [-0.3, -0.25) is 19.7 Å². The summed E-state index contributed by atoms with van der Waals surface area (Å²) in [6.07, 6.45) is 4.42. The lowest BCUT2D eigenvalue weighted by Gasteiger charge is -2.07. The lowest BCUT2D eigenvalue weighted by molar-refractivity contribution is -0.384. The number of benzene rings is 2. The largest absolute Gasteiger partial charge is 0.322 e. The molecule has 0 aliphatic rings. The van der Waals surface area contributed by atoms with Gasteiger partial charge < -0.3 is 10.6 Å². The van der Waals surface area contributed by atoms with Crippen LogP contribution in [-0.4, -0.2) is 21.7 Å². The first-order chi connectivity index (χ1) is 14.0. The molecule has 2 aromatic carbocycles. The first-order valence-corrected chi connectivity index (χ1v) is 8.57. The molecule has 0 aliphatic carbocycles. The van der Waals surface area contributed by atoms with Crippen LogP contribution in [0, 0.1) is 10.1 Å². The van der Waals surface area contributed by atoms with Crippen molar-refractivity contribution < 1.29 is 14.5 Å². The minimum atomic E-state index is -0.489. The monoisotopic (exact) mass is 388 g/mol. The summed E-state index contributed by atoms with van der Waals surface area (Å²) >= 11 is 0. The van der Waals surface area contributed by atoms with Crippen molar-refractivity contribution in [2.24, 2.45) is 0 Å². The van der Waals surface area contributed by atoms with Gasteiger partial charge in [0.2, 0.25) is 5.91 Å². The van der Waals surface area contributed by atoms with Crippen LogP contribution >= 0.6 is 0 Å². The fourth-order valence-electron chi connectivity index (χ4n) is 2.43. The Labute approximate surface area is 166 Å². The Kier molecular flexibility index (Phi) is 6.06. The predicted molar refractivity (Wildman–Crippen MR) is 109 cm³/mol. The third-order valence-corrected chi connectivity index (χ3v) is 3.83. The van der Waals surface area contributed by atoms with Gasteiger partial charge >= 0.3 is 0 Å². The second-order valence-electron chi connectivity index (χ2n) is 5.92. The van der Waals surface area contributed by atoms with Gasteiger partial charge in [-0.05, 0) is 54.1 Å². The van der Waals surface area contributed by atoms with Crippen molar-refractivity contribution in [1.82, 2.24) is 4.98 Å². The van der Waals surface area contributed by atoms with Crippen molar-refractivity contribution in [3.05, 3.63) is 100 Å². The van der Waals surface area contributed by atoms with E-state index in [0.29, 0.717) is 22.6 Å². The van der Waals surface area contributed by atoms with Crippen molar-refractivity contribution in [3.63, 3.8) is 0 Å². The molecule has 0 bridgehead atoms. The highest BCUT2D eigenvalue weighted by Crippen LogP contribution is 2.14. The second-order valence-corrected chi connectivity index (χ2v) is 5.92. The topological polar surface area (TPSA) is 114 Å². The number of nitro groups is 1. The van der Waals surface area contributed by atoms with E-state index in [2.05, 4.69) is 15.6 Å². The number of non-ortho nitro benzene ring substituents is 1. The number of nitrogens with zero attached hydrogens (tertiary/aromatic N) is 2. The van der Waals surface area contributed by atoms with Gasteiger partial charge in [-0.1, -0.05) is 12.1 Å². The molecule has 3 aromatic rings. The van der Waals surface area contributed by atoms with E-state index < -0.39 is 10.8 Å². The number of amides is 2. The smallest absolute Gasteiger partial charge is 0.269 e. The van der Waals surface area contributed by atoms with Gasteiger partial charge in [0, 0.05) is 35.7 Å². The zero-order valence-electron chi connectivity index (χ0n) is 15.1. The van der Waals surface area contributed by atoms with E-state index in [0.717, 1.165) is 0 Å². The number of hydrogen-bond donors (Lipinski definition) is 2. The Balaban J connectivity index is 1.62. The van der Waals surface area contributed by atoms with Crippen molar-refractivity contribution in [2.45, 2.75) is 0 Å². The van der Waals surface area contributed by atoms with Crippen LogP contribution in [0.15, 0.2) is 79.0 Å². The number of hydrogen-bond acceptors (Lipinski definition) is 5. The highest BCUT2D eigenvalue weighted by molar-refractivity contribution is 6.06. The Morgan fingerprint density at radius 3 is 2.45 bits per heavy atom. The molecule has 3 rings (SSSR count). The molecule has 0 atom stereocenters. The summed E-state index contributed by atoms with van der Waals surface area (Å²) in [5, 5.41) is 16.0. The molecule has 0 spiro atoms. The van der Waals surface area contributed by atoms with E-state index in [1.807, 2.05) is 0 Å². The van der Waals surface area contributed by atoms with Gasteiger partial charge in [0.15, 0.2) is 0 Å². The third kappa shape index (κ3) is 5.57. The van der Waals surface area contributed by atoms with Gasteiger partial charge in [0.25, 0.3) is 11.6 Å². The number of carbonyl (C=O) groups excluding carboxylic acids is 2. The number of rotatable bonds is 6. The van der Waals surface area contributed by atoms with Crippen molar-refractivity contribution in [1.29, 1.82) is 0 Å². The van der Waals surface area contributed by atoms with Crippen molar-refractivity contribution in [2.75, 3.05) is 10.6 Å². The molecule has 0 radical (unpaired) electrons. The van der Waals surface area contributed by atoms with Crippen LogP contribution in [0.2, 0.25) is 0 Å². The van der Waals surface area contributed by atoms with Crippen LogP contribution in [0.5, 0.6) is 0 Å². The van der Waals surface area contributed by atoms with E-state index in [1.54, 1.807) is 60.8 Å². The number of pyridine rings is 1. The van der Waals surface area contributed by atoms with Crippen LogP contribution in [0.3, 0.4) is 0 Å². The maximum absolute atomic E-state index is 12.3. The fraction of sp³-hybridized carbons (Fsp3) is 0. The van der Waals surface area contributed by atoms with E-state index in [4.69, 9.17) is 0 Å². The molecule has 29 heavy (non-hydrogen) atoms. The molecule has 1 aromatic heterocycles. The summed E-state index contributed by atoms with van der Waals surface area (Å²) in [7, 11) is 0. The minimum absolute atomic E-state index is 0.0209. The Morgan fingerprint density at radius 2 is 1.76 bits per heavy atom. The third-order valence-electron chi connectivity index (χ3n) is 3.83. The SMILES string of the molecule is O=C(/C=C/c1ccc([N+](=O)[O-])cc1)Nc1cccc(C(=O)Nc2ccccn2)c1. The molecule has 2 N–H and O–H groups in total. The van der Waals surface area contributed by atoms with E-state index in [9.17, 15) is 19.7 Å². The van der Waals surface area contributed by atoms with Gasteiger partial charge in [-0.2, -0.15) is 0 Å². The highest BCUT2D eigenvalue weighted by atomic mass is 16.6. The molecule has 2 amide bonds. The molecule has 144 valence electrons. The molecular weight excluding hydrogens is 372 g/mol. The standard InChI is InChI=1S/C21H16N4O4/c26-20(12-9-15-7-10-18(11-8-15)25(28)29)23-17-5-3-4-16(14-17)21(27)24-19-6-1-2-13-22-19/h1-14H,(H,23,26)(H,22,24,27)/b12-9+. The average molecular weight is 388 g/mol. The average Bonchev–Trinajstić information content (AvgIpc) is 2.73. The quantitative estimate of drug-likeness (QED) is 0.378. The number of nitrogens with one attached hydrogen (secondary N) is 2. The molecule has 0 fully saturated rings. The van der Waals surface area contributed by atoms with Crippen LogP contribution in [0.4, 0.5) is 17.2 Å².